The molecule has 3 aromatic rings. The number of hydrogen-bond donors (Lipinski definition) is 3. The third-order valence-electron chi connectivity index (χ3n) is 5.16. The van der Waals surface area contributed by atoms with Crippen LogP contribution in [0.15, 0.2) is 60.8 Å². The molecule has 4 rings (SSSR count). The van der Waals surface area contributed by atoms with E-state index in [1.807, 2.05) is 42.5 Å². The third-order valence-corrected chi connectivity index (χ3v) is 5.16. The molecule has 1 fully saturated rings. The molecule has 1 amide bonds. The highest BCUT2D eigenvalue weighted by Crippen LogP contribution is 2.23. The van der Waals surface area contributed by atoms with E-state index in [1.165, 1.54) is 0 Å². The lowest BCUT2D eigenvalue weighted by Crippen LogP contribution is -2.40. The number of rotatable bonds is 5. The lowest BCUT2D eigenvalue weighted by Gasteiger charge is -2.32. The molecule has 6 heteroatoms. The van der Waals surface area contributed by atoms with Crippen molar-refractivity contribution in [2.24, 2.45) is 5.92 Å². The molecule has 1 aromatic heterocycles. The summed E-state index contributed by atoms with van der Waals surface area (Å²) in [6.07, 6.45) is 3.61. The van der Waals surface area contributed by atoms with E-state index in [-0.39, 0.29) is 17.6 Å². The summed E-state index contributed by atoms with van der Waals surface area (Å²) in [7, 11) is 0. The second kappa shape index (κ2) is 8.27. The summed E-state index contributed by atoms with van der Waals surface area (Å²) in [5, 5.41) is 19.6. The maximum atomic E-state index is 12.7. The molecular weight excluding hydrogens is 352 g/mol. The number of hydrogen-bond acceptors (Lipinski definition) is 4. The van der Waals surface area contributed by atoms with Gasteiger partial charge in [0.1, 0.15) is 5.75 Å². The number of aromatic hydroxyl groups is 1. The van der Waals surface area contributed by atoms with Gasteiger partial charge >= 0.3 is 0 Å². The Labute approximate surface area is 164 Å². The summed E-state index contributed by atoms with van der Waals surface area (Å²) in [5.74, 6) is 0.315. The Balaban J connectivity index is 1.35. The second-order valence-corrected chi connectivity index (χ2v) is 7.28. The number of carbonyl (C=O) groups excluding carboxylic acids is 1. The fourth-order valence-corrected chi connectivity index (χ4v) is 3.72. The van der Waals surface area contributed by atoms with Gasteiger partial charge in [0.2, 0.25) is 5.91 Å². The summed E-state index contributed by atoms with van der Waals surface area (Å²) in [6, 6.07) is 17.0. The molecule has 2 heterocycles. The number of aromatic amines is 1. The number of likely N-dealkylation sites (tertiary alicyclic amines) is 1. The highest BCUT2D eigenvalue weighted by Gasteiger charge is 2.26. The molecule has 1 atom stereocenters. The number of anilines is 1. The van der Waals surface area contributed by atoms with Gasteiger partial charge in [-0.25, -0.2) is 0 Å². The number of aromatic nitrogens is 2. The van der Waals surface area contributed by atoms with Crippen LogP contribution in [0.25, 0.3) is 11.3 Å². The van der Waals surface area contributed by atoms with Gasteiger partial charge in [0.15, 0.2) is 0 Å². The molecule has 1 aliphatic heterocycles. The zero-order valence-electron chi connectivity index (χ0n) is 15.6. The van der Waals surface area contributed by atoms with Crippen molar-refractivity contribution in [2.45, 2.75) is 19.4 Å². The zero-order valence-corrected chi connectivity index (χ0v) is 15.6. The predicted molar refractivity (Wildman–Crippen MR) is 109 cm³/mol. The quantitative estimate of drug-likeness (QED) is 0.635. The van der Waals surface area contributed by atoms with Crippen molar-refractivity contribution in [3.8, 4) is 17.0 Å². The molecule has 28 heavy (non-hydrogen) atoms. The van der Waals surface area contributed by atoms with Crippen LogP contribution >= 0.6 is 0 Å². The summed E-state index contributed by atoms with van der Waals surface area (Å²) in [5.41, 5.74) is 3.85. The smallest absolute Gasteiger partial charge is 0.228 e. The van der Waals surface area contributed by atoms with E-state index in [1.54, 1.807) is 18.3 Å². The number of benzene rings is 2. The topological polar surface area (TPSA) is 81.2 Å². The number of phenolic OH excluding ortho intramolecular Hbond substituents is 1. The molecule has 3 N–H and O–H groups in total. The summed E-state index contributed by atoms with van der Waals surface area (Å²) in [6.45, 7) is 2.45. The van der Waals surface area contributed by atoms with Crippen molar-refractivity contribution in [2.75, 3.05) is 18.4 Å². The number of carbonyl (C=O) groups is 1. The van der Waals surface area contributed by atoms with Crippen molar-refractivity contribution < 1.29 is 9.90 Å². The minimum absolute atomic E-state index is 0.0293. The van der Waals surface area contributed by atoms with Gasteiger partial charge in [-0.2, -0.15) is 5.10 Å². The number of nitrogens with zero attached hydrogens (tertiary/aromatic N) is 2. The molecule has 0 radical (unpaired) electrons. The normalized spacial score (nSPS) is 17.4. The molecule has 0 aliphatic carbocycles. The van der Waals surface area contributed by atoms with Gasteiger partial charge in [-0.3, -0.25) is 14.8 Å². The SMILES string of the molecule is O=C(Nc1ccc(-c2ccn[nH]2)cc1)[C@@H]1CCCN(Cc2cccc(O)c2)C1. The molecule has 0 bridgehead atoms. The van der Waals surface area contributed by atoms with Gasteiger partial charge in [-0.05, 0) is 60.8 Å². The van der Waals surface area contributed by atoms with Crippen LogP contribution in [0.2, 0.25) is 0 Å². The van der Waals surface area contributed by atoms with Crippen LogP contribution in [0, 0.1) is 5.92 Å². The first-order valence-electron chi connectivity index (χ1n) is 9.58. The van der Waals surface area contributed by atoms with Gasteiger partial charge in [-0.1, -0.05) is 24.3 Å². The van der Waals surface area contributed by atoms with Gasteiger partial charge in [0.05, 0.1) is 11.6 Å². The minimum Gasteiger partial charge on any atom is -0.508 e. The summed E-state index contributed by atoms with van der Waals surface area (Å²) < 4.78 is 0. The van der Waals surface area contributed by atoms with Crippen molar-refractivity contribution >= 4 is 11.6 Å². The molecule has 1 aliphatic rings. The largest absolute Gasteiger partial charge is 0.508 e. The molecule has 144 valence electrons. The molecule has 1 saturated heterocycles. The summed E-state index contributed by atoms with van der Waals surface area (Å²) in [4.78, 5) is 15.0. The molecule has 0 unspecified atom stereocenters. The van der Waals surface area contributed by atoms with Crippen LogP contribution in [0.3, 0.4) is 0 Å². The number of nitrogens with one attached hydrogen (secondary N) is 2. The van der Waals surface area contributed by atoms with Crippen LogP contribution in [-0.4, -0.2) is 39.2 Å². The standard InChI is InChI=1S/C22H24N4O2/c27-20-5-1-3-16(13-20)14-26-12-2-4-18(15-26)22(28)24-19-8-6-17(7-9-19)21-10-11-23-25-21/h1,3,5-11,13,18,27H,2,4,12,14-15H2,(H,23,25)(H,24,28)/t18-/m1/s1. The Morgan fingerprint density at radius 3 is 2.82 bits per heavy atom. The number of piperidine rings is 1. The van der Waals surface area contributed by atoms with Crippen molar-refractivity contribution in [3.05, 3.63) is 66.4 Å². The molecule has 2 aromatic carbocycles. The van der Waals surface area contributed by atoms with Gasteiger partial charge < -0.3 is 10.4 Å². The lowest BCUT2D eigenvalue weighted by atomic mass is 9.96. The van der Waals surface area contributed by atoms with E-state index in [0.29, 0.717) is 0 Å². The Kier molecular flexibility index (Phi) is 5.39. The zero-order chi connectivity index (χ0) is 19.3. The molecule has 6 nitrogen and oxygen atoms in total. The van der Waals surface area contributed by atoms with Crippen LogP contribution in [-0.2, 0) is 11.3 Å². The van der Waals surface area contributed by atoms with Crippen LogP contribution in [0.5, 0.6) is 5.75 Å². The van der Waals surface area contributed by atoms with E-state index in [4.69, 9.17) is 0 Å². The predicted octanol–water partition coefficient (Wildman–Crippen LogP) is 3.63. The number of phenols is 1. The first kappa shape index (κ1) is 18.3. The van der Waals surface area contributed by atoms with E-state index in [0.717, 1.165) is 55.0 Å². The van der Waals surface area contributed by atoms with E-state index in [9.17, 15) is 9.90 Å². The van der Waals surface area contributed by atoms with Crippen molar-refractivity contribution in [1.29, 1.82) is 0 Å². The minimum atomic E-state index is -0.0293. The van der Waals surface area contributed by atoms with Crippen molar-refractivity contribution in [1.82, 2.24) is 15.1 Å². The number of amides is 1. The van der Waals surface area contributed by atoms with E-state index >= 15 is 0 Å². The first-order valence-corrected chi connectivity index (χ1v) is 9.58. The van der Waals surface area contributed by atoms with Crippen LogP contribution < -0.4 is 5.32 Å². The number of H-pyrrole nitrogens is 1. The monoisotopic (exact) mass is 376 g/mol. The Hall–Kier alpha value is -3.12. The van der Waals surface area contributed by atoms with Gasteiger partial charge in [0.25, 0.3) is 0 Å². The third kappa shape index (κ3) is 4.40. The first-order chi connectivity index (χ1) is 13.7. The fraction of sp³-hybridized carbons (Fsp3) is 0.273. The van der Waals surface area contributed by atoms with E-state index in [2.05, 4.69) is 20.4 Å². The van der Waals surface area contributed by atoms with E-state index < -0.39 is 0 Å². The fourth-order valence-electron chi connectivity index (χ4n) is 3.72. The Morgan fingerprint density at radius 2 is 2.07 bits per heavy atom. The average Bonchev–Trinajstić information content (AvgIpc) is 3.24. The molecular formula is C22H24N4O2. The summed E-state index contributed by atoms with van der Waals surface area (Å²) >= 11 is 0. The maximum absolute atomic E-state index is 12.7. The second-order valence-electron chi connectivity index (χ2n) is 7.28. The van der Waals surface area contributed by atoms with Crippen LogP contribution in [0.4, 0.5) is 5.69 Å². The maximum Gasteiger partial charge on any atom is 0.228 e. The Morgan fingerprint density at radius 1 is 1.21 bits per heavy atom. The lowest BCUT2D eigenvalue weighted by molar-refractivity contribution is -0.121. The van der Waals surface area contributed by atoms with Crippen molar-refractivity contribution in [3.63, 3.8) is 0 Å². The average molecular weight is 376 g/mol. The molecule has 0 saturated carbocycles. The molecule has 0 spiro atoms. The van der Waals surface area contributed by atoms with Gasteiger partial charge in [-0.15, -0.1) is 0 Å². The van der Waals surface area contributed by atoms with Gasteiger partial charge in [0, 0.05) is 25.0 Å². The highest BCUT2D eigenvalue weighted by molar-refractivity contribution is 5.93. The highest BCUT2D eigenvalue weighted by atomic mass is 16.3. The Bertz CT molecular complexity index is 922. The van der Waals surface area contributed by atoms with Crippen LogP contribution in [0.1, 0.15) is 18.4 Å².